The Morgan fingerprint density at radius 3 is 2.45 bits per heavy atom. The predicted molar refractivity (Wildman–Crippen MR) is 82.1 cm³/mol. The normalized spacial score (nSPS) is 12.7. The van der Waals surface area contributed by atoms with Gasteiger partial charge in [-0.15, -0.1) is 0 Å². The first-order valence-electron chi connectivity index (χ1n) is 6.46. The van der Waals surface area contributed by atoms with Crippen LogP contribution in [0, 0.1) is 5.82 Å². The van der Waals surface area contributed by atoms with Crippen LogP contribution < -0.4 is 5.73 Å². The Hall–Kier alpha value is -1.58. The van der Waals surface area contributed by atoms with E-state index in [9.17, 15) is 4.39 Å². The second-order valence-electron chi connectivity index (χ2n) is 5.04. The van der Waals surface area contributed by atoms with Gasteiger partial charge in [-0.3, -0.25) is 4.90 Å². The van der Waals surface area contributed by atoms with E-state index in [1.807, 2.05) is 31.3 Å². The van der Waals surface area contributed by atoms with Crippen molar-refractivity contribution in [1.29, 1.82) is 0 Å². The molecule has 2 aromatic carbocycles. The largest absolute Gasteiger partial charge is 0.399 e. The molecule has 0 radical (unpaired) electrons. The zero-order valence-corrected chi connectivity index (χ0v) is 12.4. The van der Waals surface area contributed by atoms with Crippen LogP contribution in [0.2, 0.25) is 5.02 Å². The second kappa shape index (κ2) is 6.25. The van der Waals surface area contributed by atoms with Crippen molar-refractivity contribution in [2.24, 2.45) is 0 Å². The van der Waals surface area contributed by atoms with Crippen LogP contribution in [0.15, 0.2) is 42.5 Å². The molecule has 4 heteroatoms. The Balaban J connectivity index is 2.10. The zero-order valence-electron chi connectivity index (χ0n) is 11.6. The van der Waals surface area contributed by atoms with Crippen LogP contribution in [-0.2, 0) is 6.54 Å². The number of nitrogens with zero attached hydrogens (tertiary/aromatic N) is 1. The summed E-state index contributed by atoms with van der Waals surface area (Å²) in [5.41, 5.74) is 8.15. The molecule has 0 fully saturated rings. The van der Waals surface area contributed by atoms with Crippen LogP contribution in [0.5, 0.6) is 0 Å². The number of nitrogen functional groups attached to an aromatic ring is 1. The van der Waals surface area contributed by atoms with Gasteiger partial charge in [0.25, 0.3) is 0 Å². The van der Waals surface area contributed by atoms with E-state index in [4.69, 9.17) is 17.3 Å². The molecular weight excluding hydrogens is 275 g/mol. The fourth-order valence-corrected chi connectivity index (χ4v) is 2.31. The molecule has 1 atom stereocenters. The SMILES string of the molecule is CC(c1ccc(Cl)cc1)N(C)Cc1cc(N)cc(F)c1. The monoisotopic (exact) mass is 292 g/mol. The average molecular weight is 293 g/mol. The molecular formula is C16H18ClFN2. The fraction of sp³-hybridized carbons (Fsp3) is 0.250. The van der Waals surface area contributed by atoms with E-state index in [0.717, 1.165) is 10.6 Å². The lowest BCUT2D eigenvalue weighted by atomic mass is 10.1. The summed E-state index contributed by atoms with van der Waals surface area (Å²) in [6, 6.07) is 12.6. The van der Waals surface area contributed by atoms with Gasteiger partial charge >= 0.3 is 0 Å². The lowest BCUT2D eigenvalue weighted by Gasteiger charge is -2.25. The highest BCUT2D eigenvalue weighted by Gasteiger charge is 2.12. The summed E-state index contributed by atoms with van der Waals surface area (Å²) in [5, 5.41) is 0.724. The highest BCUT2D eigenvalue weighted by atomic mass is 35.5. The summed E-state index contributed by atoms with van der Waals surface area (Å²) in [7, 11) is 2.00. The quantitative estimate of drug-likeness (QED) is 0.854. The Bertz CT molecular complexity index is 563. The van der Waals surface area contributed by atoms with E-state index >= 15 is 0 Å². The van der Waals surface area contributed by atoms with Gasteiger partial charge in [-0.05, 0) is 55.4 Å². The third-order valence-electron chi connectivity index (χ3n) is 3.43. The molecule has 0 bridgehead atoms. The van der Waals surface area contributed by atoms with E-state index in [2.05, 4.69) is 11.8 Å². The van der Waals surface area contributed by atoms with Gasteiger partial charge in [-0.2, -0.15) is 0 Å². The van der Waals surface area contributed by atoms with Crippen molar-refractivity contribution >= 4 is 17.3 Å². The van der Waals surface area contributed by atoms with Crippen LogP contribution in [0.4, 0.5) is 10.1 Å². The highest BCUT2D eigenvalue weighted by molar-refractivity contribution is 6.30. The lowest BCUT2D eigenvalue weighted by Crippen LogP contribution is -2.22. The molecule has 2 nitrogen and oxygen atoms in total. The van der Waals surface area contributed by atoms with E-state index in [0.29, 0.717) is 12.2 Å². The summed E-state index contributed by atoms with van der Waals surface area (Å²) >= 11 is 5.89. The average Bonchev–Trinajstić information content (AvgIpc) is 2.37. The van der Waals surface area contributed by atoms with Gasteiger partial charge in [0.1, 0.15) is 5.82 Å². The predicted octanol–water partition coefficient (Wildman–Crippen LogP) is 4.25. The Labute approximate surface area is 124 Å². The molecule has 2 rings (SSSR count). The van der Waals surface area contributed by atoms with Gasteiger partial charge in [-0.25, -0.2) is 4.39 Å². The minimum Gasteiger partial charge on any atom is -0.399 e. The molecule has 0 saturated heterocycles. The molecule has 0 aliphatic carbocycles. The van der Waals surface area contributed by atoms with Crippen molar-refractivity contribution < 1.29 is 4.39 Å². The minimum absolute atomic E-state index is 0.205. The third kappa shape index (κ3) is 3.71. The molecule has 0 aliphatic rings. The number of halogens is 2. The number of hydrogen-bond donors (Lipinski definition) is 1. The van der Waals surface area contributed by atoms with Crippen LogP contribution in [0.1, 0.15) is 24.1 Å². The number of rotatable bonds is 4. The van der Waals surface area contributed by atoms with Gasteiger partial charge in [0.2, 0.25) is 0 Å². The first-order valence-corrected chi connectivity index (χ1v) is 6.84. The standard InChI is InChI=1S/C16H18ClFN2/c1-11(13-3-5-14(17)6-4-13)20(2)10-12-7-15(18)9-16(19)8-12/h3-9,11H,10,19H2,1-2H3. The van der Waals surface area contributed by atoms with Crippen molar-refractivity contribution in [3.8, 4) is 0 Å². The van der Waals surface area contributed by atoms with E-state index in [1.54, 1.807) is 6.07 Å². The summed E-state index contributed by atoms with van der Waals surface area (Å²) in [6.07, 6.45) is 0. The molecule has 0 amide bonds. The summed E-state index contributed by atoms with van der Waals surface area (Å²) in [6.45, 7) is 2.73. The van der Waals surface area contributed by atoms with Crippen LogP contribution in [0.3, 0.4) is 0 Å². The molecule has 106 valence electrons. The Morgan fingerprint density at radius 2 is 1.85 bits per heavy atom. The van der Waals surface area contributed by atoms with Crippen molar-refractivity contribution in [2.75, 3.05) is 12.8 Å². The maximum atomic E-state index is 13.3. The van der Waals surface area contributed by atoms with Crippen LogP contribution in [-0.4, -0.2) is 11.9 Å². The van der Waals surface area contributed by atoms with Gasteiger partial charge in [0.05, 0.1) is 0 Å². The van der Waals surface area contributed by atoms with E-state index in [-0.39, 0.29) is 11.9 Å². The molecule has 20 heavy (non-hydrogen) atoms. The molecule has 0 heterocycles. The molecule has 2 aromatic rings. The van der Waals surface area contributed by atoms with Crippen LogP contribution in [0.25, 0.3) is 0 Å². The van der Waals surface area contributed by atoms with Gasteiger partial charge in [0, 0.05) is 23.3 Å². The summed E-state index contributed by atoms with van der Waals surface area (Å²) in [5.74, 6) is -0.299. The first kappa shape index (κ1) is 14.8. The molecule has 2 N–H and O–H groups in total. The fourth-order valence-electron chi connectivity index (χ4n) is 2.19. The maximum absolute atomic E-state index is 13.3. The Kier molecular flexibility index (Phi) is 4.63. The third-order valence-corrected chi connectivity index (χ3v) is 3.68. The number of benzene rings is 2. The Morgan fingerprint density at radius 1 is 1.20 bits per heavy atom. The van der Waals surface area contributed by atoms with E-state index < -0.39 is 0 Å². The summed E-state index contributed by atoms with van der Waals surface area (Å²) in [4.78, 5) is 2.14. The maximum Gasteiger partial charge on any atom is 0.125 e. The number of nitrogens with two attached hydrogens (primary N) is 1. The second-order valence-corrected chi connectivity index (χ2v) is 5.47. The molecule has 0 spiro atoms. The highest BCUT2D eigenvalue weighted by Crippen LogP contribution is 2.23. The molecule has 0 saturated carbocycles. The smallest absolute Gasteiger partial charge is 0.125 e. The number of anilines is 1. The van der Waals surface area contributed by atoms with Crippen molar-refractivity contribution in [2.45, 2.75) is 19.5 Å². The van der Waals surface area contributed by atoms with E-state index in [1.165, 1.54) is 17.7 Å². The minimum atomic E-state index is -0.299. The first-order chi connectivity index (χ1) is 9.45. The number of hydrogen-bond acceptors (Lipinski definition) is 2. The van der Waals surface area contributed by atoms with Crippen LogP contribution >= 0.6 is 11.6 Å². The van der Waals surface area contributed by atoms with Gasteiger partial charge in [-0.1, -0.05) is 23.7 Å². The lowest BCUT2D eigenvalue weighted by molar-refractivity contribution is 0.253. The molecule has 0 aliphatic heterocycles. The summed E-state index contributed by atoms with van der Waals surface area (Å²) < 4.78 is 13.3. The molecule has 1 unspecified atom stereocenters. The van der Waals surface area contributed by atoms with Crippen molar-refractivity contribution in [1.82, 2.24) is 4.90 Å². The topological polar surface area (TPSA) is 29.3 Å². The van der Waals surface area contributed by atoms with Crippen molar-refractivity contribution in [3.63, 3.8) is 0 Å². The van der Waals surface area contributed by atoms with Gasteiger partial charge < -0.3 is 5.73 Å². The van der Waals surface area contributed by atoms with Gasteiger partial charge in [0.15, 0.2) is 0 Å². The van der Waals surface area contributed by atoms with Crippen molar-refractivity contribution in [3.05, 3.63) is 64.4 Å². The zero-order chi connectivity index (χ0) is 14.7. The molecule has 0 aromatic heterocycles.